The van der Waals surface area contributed by atoms with Crippen LogP contribution in [0.25, 0.3) is 0 Å². The van der Waals surface area contributed by atoms with Gasteiger partial charge in [-0.2, -0.15) is 0 Å². The molecule has 3 fully saturated rings. The molecule has 208 valence electrons. The number of ketones is 1. The molecule has 10 heteroatoms. The van der Waals surface area contributed by atoms with Gasteiger partial charge in [0.25, 0.3) is 5.91 Å². The number of carbonyl (C=O) groups excluding carboxylic acids is 5. The summed E-state index contributed by atoms with van der Waals surface area (Å²) in [7, 11) is 0. The maximum Gasteiger partial charge on any atom is 0.315 e. The fourth-order valence-electron chi connectivity index (χ4n) is 4.09. The Morgan fingerprint density at radius 3 is 2.38 bits per heavy atom. The van der Waals surface area contributed by atoms with Crippen molar-refractivity contribution in [1.29, 1.82) is 0 Å². The number of primary amides is 1. The van der Waals surface area contributed by atoms with E-state index in [4.69, 9.17) is 49.6 Å². The standard InChI is InChI=1S/C27H45N5O5/c1-25(2,3)20(30-24(37)31-26(4,5)6)23(36)32-13-15-17(27(15,7)8)18(32)22(35)29-16(19(33)21(28)34)12-14-10-9-11-14/h14-18,20H,9-13H2,1-8H3,(H2,28,34)(H,29,35)(H2,30,31,37)/t15-,16+,17-,18-,20+/m0/s1/i1D3,2D3,3D3,4D3,5D3,6D3,7D3,8D3,9D2,10D2,11D2,14D,16D. The van der Waals surface area contributed by atoms with Gasteiger partial charge in [-0.25, -0.2) is 4.79 Å². The average molecular weight is 552 g/mol. The van der Waals surface area contributed by atoms with Crippen molar-refractivity contribution in [3.8, 4) is 0 Å². The van der Waals surface area contributed by atoms with E-state index in [1.807, 2.05) is 0 Å². The van der Waals surface area contributed by atoms with E-state index < -0.39 is 169 Å². The molecule has 37 heavy (non-hydrogen) atoms. The highest BCUT2D eigenvalue weighted by Gasteiger charge is 2.70. The van der Waals surface area contributed by atoms with Crippen LogP contribution in [0.5, 0.6) is 0 Å². The number of Topliss-reactive ketones (excluding diaryl/α,β-unsaturated/α-hetero) is 1. The molecular formula is C27H45N5O5. The quantitative estimate of drug-likeness (QED) is 0.339. The van der Waals surface area contributed by atoms with E-state index in [9.17, 15) is 19.2 Å². The van der Waals surface area contributed by atoms with Gasteiger partial charge < -0.3 is 26.6 Å². The molecule has 1 saturated heterocycles. The van der Waals surface area contributed by atoms with Crippen LogP contribution in [0.3, 0.4) is 0 Å². The van der Waals surface area contributed by atoms with Crippen molar-refractivity contribution in [2.45, 2.75) is 104 Å². The predicted molar refractivity (Wildman–Crippen MR) is 139 cm³/mol. The Kier molecular flexibility index (Phi) is 2.19. The lowest BCUT2D eigenvalue weighted by molar-refractivity contribution is -0.145. The number of nitrogens with two attached hydrogens (primary N) is 1. The first-order valence-electron chi connectivity index (χ1n) is 26.4. The van der Waals surface area contributed by atoms with E-state index in [1.54, 1.807) is 0 Å². The van der Waals surface area contributed by atoms with Crippen molar-refractivity contribution >= 4 is 29.5 Å². The molecule has 1 heterocycles. The van der Waals surface area contributed by atoms with Gasteiger partial charge in [0.15, 0.2) is 0 Å². The van der Waals surface area contributed by atoms with E-state index in [2.05, 4.69) is 0 Å². The number of urea groups is 1. The number of likely N-dealkylation sites (tertiary alicyclic amines) is 1. The van der Waals surface area contributed by atoms with E-state index >= 15 is 4.79 Å². The Balaban J connectivity index is 2.50. The van der Waals surface area contributed by atoms with Gasteiger partial charge in [0, 0.05) is 54.6 Å². The van der Waals surface area contributed by atoms with Gasteiger partial charge in [0.1, 0.15) is 12.1 Å². The molecule has 1 aliphatic heterocycles. The van der Waals surface area contributed by atoms with Gasteiger partial charge in [-0.3, -0.25) is 19.2 Å². The molecule has 0 unspecified atom stereocenters. The third kappa shape index (κ3) is 6.26. The minimum atomic E-state index is -4.76. The molecule has 0 aromatic carbocycles. The second-order valence-electron chi connectivity index (χ2n) is 8.72. The van der Waals surface area contributed by atoms with Gasteiger partial charge >= 0.3 is 6.03 Å². The number of amides is 5. The average Bonchev–Trinajstić information content (AvgIpc) is 3.60. The molecule has 0 aromatic rings. The van der Waals surface area contributed by atoms with Crippen molar-refractivity contribution in [3.63, 3.8) is 0 Å². The van der Waals surface area contributed by atoms with E-state index in [0.717, 1.165) is 5.32 Å². The van der Waals surface area contributed by atoms with Crippen LogP contribution in [0.2, 0.25) is 0 Å². The number of carbonyl (C=O) groups is 5. The molecule has 5 atom stereocenters. The van der Waals surface area contributed by atoms with Crippen LogP contribution in [0, 0.1) is 28.6 Å². The van der Waals surface area contributed by atoms with Gasteiger partial charge in [-0.15, -0.1) is 0 Å². The Morgan fingerprint density at radius 1 is 1.14 bits per heavy atom. The van der Waals surface area contributed by atoms with Gasteiger partial charge in [0.2, 0.25) is 17.6 Å². The van der Waals surface area contributed by atoms with Crippen LogP contribution in [0.4, 0.5) is 4.79 Å². The fraction of sp³-hybridized carbons (Fsp3) is 0.815. The van der Waals surface area contributed by atoms with Crippen molar-refractivity contribution < 1.29 is 67.8 Å². The third-order valence-corrected chi connectivity index (χ3v) is 5.86. The first kappa shape index (κ1) is 8.18. The van der Waals surface area contributed by atoms with Crippen molar-refractivity contribution in [1.82, 2.24) is 20.9 Å². The lowest BCUT2D eigenvalue weighted by atomic mass is 9.80. The molecule has 0 spiro atoms. The van der Waals surface area contributed by atoms with Crippen molar-refractivity contribution in [2.24, 2.45) is 34.3 Å². The second-order valence-corrected chi connectivity index (χ2v) is 8.72. The Bertz CT molecular complexity index is 1990. The van der Waals surface area contributed by atoms with Crippen LogP contribution < -0.4 is 21.7 Å². The smallest absolute Gasteiger partial charge is 0.315 e. The minimum Gasteiger partial charge on any atom is -0.363 e. The van der Waals surface area contributed by atoms with Gasteiger partial charge in [-0.1, -0.05) is 53.4 Å². The molecule has 0 bridgehead atoms. The Labute approximate surface area is 265 Å². The molecule has 2 saturated carbocycles. The molecule has 10 nitrogen and oxygen atoms in total. The van der Waals surface area contributed by atoms with Crippen LogP contribution in [-0.4, -0.2) is 64.6 Å². The molecule has 0 aromatic heterocycles. The maximum absolute atomic E-state index is 15.1. The van der Waals surface area contributed by atoms with Gasteiger partial charge in [-0.05, 0) is 55.5 Å². The highest BCUT2D eigenvalue weighted by molar-refractivity contribution is 6.37. The van der Waals surface area contributed by atoms with Crippen LogP contribution in [-0.2, 0) is 19.2 Å². The number of piperidine rings is 1. The summed E-state index contributed by atoms with van der Waals surface area (Å²) in [5.74, 6) is -17.4. The van der Waals surface area contributed by atoms with E-state index in [-0.39, 0.29) is 4.90 Å². The SMILES string of the molecule is [2H]C([2H])([2H])C1(C([2H])([2H])[2H])[C@@H]2[C@@H](C(=O)N[C@]([2H])(CC3([2H])C([2H])([2H])C([2H])([2H])C3([2H])[2H])C(=O)C(N)=O)N(C(=O)[C@@H](NC(=O)NC(C([2H])([2H])[2H])(C([2H])([2H])[2H])C([2H])([2H])[2H])C(C([2H])([2H])[2H])(C([2H])([2H])[2H])C([2H])([2H])[2H])C[C@@H]21. The molecule has 3 rings (SSSR count). The highest BCUT2D eigenvalue weighted by atomic mass is 16.2. The van der Waals surface area contributed by atoms with Gasteiger partial charge in [0.05, 0.1) is 7.39 Å². The number of rotatable bonds is 8. The maximum atomic E-state index is 15.1. The zero-order chi connectivity index (χ0) is 55.3. The minimum absolute atomic E-state index is 0.167. The lowest BCUT2D eigenvalue weighted by Gasteiger charge is -2.38. The number of hydrogen-bond acceptors (Lipinski definition) is 5. The van der Waals surface area contributed by atoms with Crippen LogP contribution in [0.1, 0.15) is 124 Å². The number of nitrogens with one attached hydrogen (secondary N) is 3. The summed E-state index contributed by atoms with van der Waals surface area (Å²) >= 11 is 0. The molecule has 0 radical (unpaired) electrons. The highest BCUT2D eigenvalue weighted by Crippen LogP contribution is 2.65. The summed E-state index contributed by atoms with van der Waals surface area (Å²) in [4.78, 5) is 69.3. The summed E-state index contributed by atoms with van der Waals surface area (Å²) in [6, 6.07) is -13.5. The predicted octanol–water partition coefficient (Wildman–Crippen LogP) is 1.71. The third-order valence-electron chi connectivity index (χ3n) is 5.86. The second kappa shape index (κ2) is 9.91. The fourth-order valence-corrected chi connectivity index (χ4v) is 4.09. The van der Waals surface area contributed by atoms with Crippen molar-refractivity contribution in [2.75, 3.05) is 6.54 Å². The summed E-state index contributed by atoms with van der Waals surface area (Å²) in [5, 5.41) is 3.73. The molecule has 5 N–H and O–H groups in total. The number of fused-ring (bicyclic) bond motifs is 1. The lowest BCUT2D eigenvalue weighted by Crippen LogP contribution is -2.62. The first-order valence-corrected chi connectivity index (χ1v) is 10.4. The summed E-state index contributed by atoms with van der Waals surface area (Å²) in [5.41, 5.74) is -7.32. The summed E-state index contributed by atoms with van der Waals surface area (Å²) in [6.45, 7) is -35.9. The molecule has 5 amide bonds. The Morgan fingerprint density at radius 2 is 1.81 bits per heavy atom. The van der Waals surface area contributed by atoms with Crippen LogP contribution in [0.15, 0.2) is 0 Å². The largest absolute Gasteiger partial charge is 0.363 e. The zero-order valence-electron chi connectivity index (χ0n) is 50.8. The van der Waals surface area contributed by atoms with E-state index in [0.29, 0.717) is 0 Å². The van der Waals surface area contributed by atoms with E-state index in [1.165, 1.54) is 10.6 Å². The Hall–Kier alpha value is -2.65. The molecule has 2 aliphatic carbocycles. The van der Waals surface area contributed by atoms with Crippen LogP contribution >= 0.6 is 0 Å². The monoisotopic (exact) mass is 552 g/mol. The number of hydrogen-bond donors (Lipinski definition) is 4. The normalized spacial score (nSPS) is 47.6. The molecule has 3 aliphatic rings. The number of nitrogens with zero attached hydrogens (tertiary/aromatic N) is 1. The summed E-state index contributed by atoms with van der Waals surface area (Å²) in [6.07, 6.45) is -13.1. The summed E-state index contributed by atoms with van der Waals surface area (Å²) < 4.78 is 259. The van der Waals surface area contributed by atoms with Crippen molar-refractivity contribution in [3.05, 3.63) is 0 Å². The first-order chi connectivity index (χ1) is 29.8. The topological polar surface area (TPSA) is 151 Å². The molecular weight excluding hydrogens is 474 g/mol. The zero-order valence-corrected chi connectivity index (χ0v) is 18.8.